The number of benzene rings is 2. The summed E-state index contributed by atoms with van der Waals surface area (Å²) in [5, 5.41) is 0. The van der Waals surface area contributed by atoms with E-state index >= 15 is 0 Å². The molecule has 0 aliphatic carbocycles. The molecule has 2 nitrogen and oxygen atoms in total. The van der Waals surface area contributed by atoms with Gasteiger partial charge in [-0.3, -0.25) is 0 Å². The van der Waals surface area contributed by atoms with E-state index in [1.54, 1.807) is 0 Å². The average molecular weight is 315 g/mol. The Morgan fingerprint density at radius 3 is 1.50 bits per heavy atom. The van der Waals surface area contributed by atoms with Crippen molar-refractivity contribution in [2.24, 2.45) is 0 Å². The molecule has 22 heavy (non-hydrogen) atoms. The van der Waals surface area contributed by atoms with Crippen LogP contribution < -0.4 is 8.85 Å². The first-order chi connectivity index (χ1) is 10.8. The molecule has 0 aliphatic heterocycles. The lowest BCUT2D eigenvalue weighted by Crippen LogP contribution is -2.35. The van der Waals surface area contributed by atoms with Crippen LogP contribution in [0, 0.1) is 0 Å². The molecule has 0 fully saturated rings. The van der Waals surface area contributed by atoms with Gasteiger partial charge in [0.05, 0.1) is 0 Å². The van der Waals surface area contributed by atoms with Crippen LogP contribution in [-0.2, 0) is 0 Å². The molecule has 2 aromatic carbocycles. The Morgan fingerprint density at radius 1 is 0.727 bits per heavy atom. The molecule has 0 amide bonds. The zero-order chi connectivity index (χ0) is 15.6. The molecular formula is C19H26O2Si. The van der Waals surface area contributed by atoms with Gasteiger partial charge in [-0.25, -0.2) is 0 Å². The van der Waals surface area contributed by atoms with Crippen LogP contribution in [-0.4, -0.2) is 9.28 Å². The Kier molecular flexibility index (Phi) is 7.04. The van der Waals surface area contributed by atoms with Gasteiger partial charge in [-0.05, 0) is 37.1 Å². The maximum Gasteiger partial charge on any atom is 0.447 e. The lowest BCUT2D eigenvalue weighted by molar-refractivity contribution is 0.387. The Labute approximate surface area is 135 Å². The second kappa shape index (κ2) is 9.31. The fourth-order valence-corrected chi connectivity index (χ4v) is 5.14. The molecule has 0 saturated carbocycles. The molecular weight excluding hydrogens is 288 g/mol. The summed E-state index contributed by atoms with van der Waals surface area (Å²) in [5.41, 5.74) is 0.537. The predicted octanol–water partition coefficient (Wildman–Crippen LogP) is 5.34. The second-order valence-electron chi connectivity index (χ2n) is 5.57. The first-order valence-electron chi connectivity index (χ1n) is 8.27. The van der Waals surface area contributed by atoms with Crippen molar-refractivity contribution in [2.45, 2.75) is 45.1 Å². The molecule has 3 heteroatoms. The molecule has 0 radical (unpaired) electrons. The van der Waals surface area contributed by atoms with Crippen LogP contribution in [0.15, 0.2) is 60.7 Å². The minimum atomic E-state index is -1.84. The molecule has 0 bridgehead atoms. The summed E-state index contributed by atoms with van der Waals surface area (Å²) >= 11 is 0. The maximum atomic E-state index is 6.30. The highest BCUT2D eigenvalue weighted by Crippen LogP contribution is 2.27. The van der Waals surface area contributed by atoms with Gasteiger partial charge in [-0.15, -0.1) is 0 Å². The molecule has 2 rings (SSSR count). The van der Waals surface area contributed by atoms with Crippen molar-refractivity contribution >= 4 is 9.28 Å². The van der Waals surface area contributed by atoms with Gasteiger partial charge in [0.15, 0.2) is 0 Å². The lowest BCUT2D eigenvalue weighted by atomic mass is 10.1. The van der Waals surface area contributed by atoms with Crippen molar-refractivity contribution in [3.05, 3.63) is 60.7 Å². The third-order valence-electron chi connectivity index (χ3n) is 3.69. The highest BCUT2D eigenvalue weighted by molar-refractivity contribution is 6.48. The smallest absolute Gasteiger partial charge is 0.447 e. The van der Waals surface area contributed by atoms with Crippen LogP contribution in [0.2, 0.25) is 5.54 Å². The van der Waals surface area contributed by atoms with Crippen molar-refractivity contribution < 1.29 is 8.85 Å². The monoisotopic (exact) mass is 314 g/mol. The van der Waals surface area contributed by atoms with E-state index in [0.29, 0.717) is 5.54 Å². The highest BCUT2D eigenvalue weighted by Gasteiger charge is 2.28. The van der Waals surface area contributed by atoms with Gasteiger partial charge in [0.25, 0.3) is 0 Å². The quantitative estimate of drug-likeness (QED) is 0.582. The minimum Gasteiger partial charge on any atom is -0.514 e. The maximum absolute atomic E-state index is 6.30. The SMILES string of the molecule is CCCC(CCC)[SiH](Oc1ccccc1)Oc1ccccc1. The Morgan fingerprint density at radius 2 is 1.14 bits per heavy atom. The van der Waals surface area contributed by atoms with Gasteiger partial charge in [-0.1, -0.05) is 63.1 Å². The Balaban J connectivity index is 2.14. The topological polar surface area (TPSA) is 18.5 Å². The molecule has 118 valence electrons. The van der Waals surface area contributed by atoms with E-state index in [0.717, 1.165) is 11.5 Å². The van der Waals surface area contributed by atoms with Crippen molar-refractivity contribution in [3.63, 3.8) is 0 Å². The molecule has 2 aromatic rings. The summed E-state index contributed by atoms with van der Waals surface area (Å²) in [4.78, 5) is 0. The average Bonchev–Trinajstić information content (AvgIpc) is 2.56. The number of para-hydroxylation sites is 2. The summed E-state index contributed by atoms with van der Waals surface area (Å²) in [6, 6.07) is 20.1. The van der Waals surface area contributed by atoms with E-state index in [1.165, 1.54) is 25.7 Å². The minimum absolute atomic E-state index is 0.537. The molecule has 0 aliphatic rings. The normalized spacial score (nSPS) is 10.9. The van der Waals surface area contributed by atoms with Gasteiger partial charge in [-0.2, -0.15) is 0 Å². The number of hydrogen-bond donors (Lipinski definition) is 0. The zero-order valence-electron chi connectivity index (χ0n) is 13.6. The van der Waals surface area contributed by atoms with Gasteiger partial charge >= 0.3 is 9.28 Å². The first-order valence-corrected chi connectivity index (χ1v) is 9.87. The summed E-state index contributed by atoms with van der Waals surface area (Å²) in [6.07, 6.45) is 4.68. The number of hydrogen-bond acceptors (Lipinski definition) is 2. The zero-order valence-corrected chi connectivity index (χ0v) is 14.7. The van der Waals surface area contributed by atoms with Crippen LogP contribution in [0.1, 0.15) is 39.5 Å². The third kappa shape index (κ3) is 5.23. The van der Waals surface area contributed by atoms with Crippen LogP contribution in [0.3, 0.4) is 0 Å². The molecule has 0 spiro atoms. The van der Waals surface area contributed by atoms with Crippen LogP contribution >= 0.6 is 0 Å². The molecule has 0 atom stereocenters. The lowest BCUT2D eigenvalue weighted by Gasteiger charge is -2.26. The Hall–Kier alpha value is -1.74. The van der Waals surface area contributed by atoms with Gasteiger partial charge in [0.2, 0.25) is 0 Å². The summed E-state index contributed by atoms with van der Waals surface area (Å²) in [5.74, 6) is 1.85. The van der Waals surface area contributed by atoms with E-state index in [4.69, 9.17) is 8.85 Å². The predicted molar refractivity (Wildman–Crippen MR) is 94.9 cm³/mol. The molecule has 0 saturated heterocycles. The van der Waals surface area contributed by atoms with Crippen molar-refractivity contribution in [2.75, 3.05) is 0 Å². The first kappa shape index (κ1) is 16.6. The summed E-state index contributed by atoms with van der Waals surface area (Å²) < 4.78 is 12.6. The van der Waals surface area contributed by atoms with Crippen LogP contribution in [0.5, 0.6) is 11.5 Å². The fraction of sp³-hybridized carbons (Fsp3) is 0.368. The standard InChI is InChI=1S/C19H26O2Si/c1-3-11-19(12-4-2)22(20-17-13-7-5-8-14-17)21-18-15-9-6-10-16-18/h5-10,13-16,19,22H,3-4,11-12H2,1-2H3. The van der Waals surface area contributed by atoms with E-state index < -0.39 is 9.28 Å². The van der Waals surface area contributed by atoms with E-state index in [9.17, 15) is 0 Å². The van der Waals surface area contributed by atoms with Crippen molar-refractivity contribution in [1.82, 2.24) is 0 Å². The number of rotatable bonds is 9. The van der Waals surface area contributed by atoms with Crippen molar-refractivity contribution in [3.8, 4) is 11.5 Å². The van der Waals surface area contributed by atoms with Crippen LogP contribution in [0.4, 0.5) is 0 Å². The fourth-order valence-electron chi connectivity index (χ4n) is 2.64. The summed E-state index contributed by atoms with van der Waals surface area (Å²) in [6.45, 7) is 4.47. The van der Waals surface area contributed by atoms with Gasteiger partial charge < -0.3 is 8.85 Å². The van der Waals surface area contributed by atoms with Crippen LogP contribution in [0.25, 0.3) is 0 Å². The van der Waals surface area contributed by atoms with E-state index in [-0.39, 0.29) is 0 Å². The van der Waals surface area contributed by atoms with E-state index in [1.807, 2.05) is 60.7 Å². The van der Waals surface area contributed by atoms with E-state index in [2.05, 4.69) is 13.8 Å². The molecule has 0 unspecified atom stereocenters. The third-order valence-corrected chi connectivity index (χ3v) is 6.14. The van der Waals surface area contributed by atoms with Gasteiger partial charge in [0.1, 0.15) is 11.5 Å². The second-order valence-corrected chi connectivity index (χ2v) is 7.72. The molecule has 0 aromatic heterocycles. The highest BCUT2D eigenvalue weighted by atomic mass is 28.3. The molecule has 0 heterocycles. The van der Waals surface area contributed by atoms with Gasteiger partial charge in [0, 0.05) is 5.54 Å². The summed E-state index contributed by atoms with van der Waals surface area (Å²) in [7, 11) is -1.84. The van der Waals surface area contributed by atoms with Crippen molar-refractivity contribution in [1.29, 1.82) is 0 Å². The largest absolute Gasteiger partial charge is 0.514 e. The molecule has 0 N–H and O–H groups in total. The Bertz CT molecular complexity index is 468.